The van der Waals surface area contributed by atoms with Gasteiger partial charge in [-0.2, -0.15) is 0 Å². The number of hydrogen-bond donors (Lipinski definition) is 4. The van der Waals surface area contributed by atoms with Gasteiger partial charge in [-0.1, -0.05) is 0 Å². The maximum absolute atomic E-state index is 11.7. The number of carbonyl (C=O) groups excluding carboxylic acids is 1. The van der Waals surface area contributed by atoms with E-state index in [1.165, 1.54) is 0 Å². The van der Waals surface area contributed by atoms with Crippen LogP contribution in [0.5, 0.6) is 0 Å². The average Bonchev–Trinajstić information content (AvgIpc) is 2.36. The third kappa shape index (κ3) is 3.98. The fraction of sp³-hybridized carbons (Fsp3) is 0.222. The number of aromatic carboxylic acids is 1. The number of nitrogens with two attached hydrogens (primary N) is 1. The molecule has 1 atom stereocenters. The summed E-state index contributed by atoms with van der Waals surface area (Å²) in [7, 11) is -4.05. The Morgan fingerprint density at radius 1 is 1.42 bits per heavy atom. The molecule has 9 nitrogen and oxygen atoms in total. The van der Waals surface area contributed by atoms with Crippen LogP contribution in [0.3, 0.4) is 0 Å². The van der Waals surface area contributed by atoms with Crippen molar-refractivity contribution in [1.29, 1.82) is 0 Å². The van der Waals surface area contributed by atoms with Crippen molar-refractivity contribution in [3.8, 4) is 0 Å². The minimum absolute atomic E-state index is 0.170. The molecule has 0 bridgehead atoms. The number of nitrogens with one attached hydrogen (secondary N) is 1. The molecule has 0 saturated heterocycles. The Labute approximate surface area is 108 Å². The van der Waals surface area contributed by atoms with Gasteiger partial charge in [0.1, 0.15) is 6.10 Å². The molecule has 1 aromatic heterocycles. The first kappa shape index (κ1) is 15.0. The van der Waals surface area contributed by atoms with Gasteiger partial charge in [-0.15, -0.1) is 0 Å². The molecule has 0 aliphatic heterocycles. The van der Waals surface area contributed by atoms with Crippen LogP contribution < -0.4 is 10.5 Å². The Bertz CT molecular complexity index is 582. The van der Waals surface area contributed by atoms with E-state index in [0.29, 0.717) is 0 Å². The molecule has 1 amide bonds. The number of aliphatic hydroxyl groups excluding tert-OH is 1. The number of primary amides is 1. The minimum atomic E-state index is -4.05. The molecular weight excluding hydrogens is 278 g/mol. The number of sulfonamides is 1. The maximum atomic E-state index is 11.7. The first-order valence-electron chi connectivity index (χ1n) is 4.90. The van der Waals surface area contributed by atoms with Crippen molar-refractivity contribution in [3.05, 3.63) is 23.9 Å². The molecule has 0 aliphatic rings. The number of rotatable bonds is 6. The zero-order chi connectivity index (χ0) is 14.6. The third-order valence-electron chi connectivity index (χ3n) is 2.05. The summed E-state index contributed by atoms with van der Waals surface area (Å²) < 4.78 is 25.2. The van der Waals surface area contributed by atoms with Crippen molar-refractivity contribution in [3.63, 3.8) is 0 Å². The molecule has 0 aliphatic carbocycles. The van der Waals surface area contributed by atoms with Crippen molar-refractivity contribution >= 4 is 21.9 Å². The summed E-state index contributed by atoms with van der Waals surface area (Å²) in [6.07, 6.45) is -0.783. The van der Waals surface area contributed by atoms with E-state index in [4.69, 9.17) is 15.9 Å². The second-order valence-corrected chi connectivity index (χ2v) is 5.17. The number of nitrogens with zero attached hydrogens (tertiary/aromatic N) is 1. The number of amides is 1. The summed E-state index contributed by atoms with van der Waals surface area (Å²) >= 11 is 0. The van der Waals surface area contributed by atoms with Crippen LogP contribution in [0.2, 0.25) is 0 Å². The Balaban J connectivity index is 2.83. The second kappa shape index (κ2) is 5.73. The Morgan fingerprint density at radius 3 is 2.47 bits per heavy atom. The zero-order valence-corrected chi connectivity index (χ0v) is 10.3. The summed E-state index contributed by atoms with van der Waals surface area (Å²) in [5.41, 5.74) is 4.58. The van der Waals surface area contributed by atoms with E-state index in [-0.39, 0.29) is 5.56 Å². The zero-order valence-electron chi connectivity index (χ0n) is 9.48. The number of carboxylic acid groups (broad SMARTS) is 1. The van der Waals surface area contributed by atoms with E-state index >= 15 is 0 Å². The molecule has 1 unspecified atom stereocenters. The smallest absolute Gasteiger partial charge is 0.337 e. The monoisotopic (exact) mass is 289 g/mol. The van der Waals surface area contributed by atoms with Crippen LogP contribution in [0.25, 0.3) is 0 Å². The summed E-state index contributed by atoms with van der Waals surface area (Å²) in [4.78, 5) is 24.6. The number of hydrogen-bond acceptors (Lipinski definition) is 6. The van der Waals surface area contributed by atoms with Crippen molar-refractivity contribution in [2.45, 2.75) is 11.1 Å². The van der Waals surface area contributed by atoms with Gasteiger partial charge < -0.3 is 15.9 Å². The minimum Gasteiger partial charge on any atom is -0.478 e. The molecule has 10 heteroatoms. The van der Waals surface area contributed by atoms with E-state index in [2.05, 4.69) is 4.98 Å². The number of pyridine rings is 1. The number of aromatic nitrogens is 1. The Kier molecular flexibility index (Phi) is 4.53. The summed E-state index contributed by atoms with van der Waals surface area (Å²) in [6, 6.07) is 2.05. The largest absolute Gasteiger partial charge is 0.478 e. The van der Waals surface area contributed by atoms with Crippen LogP contribution in [0, 0.1) is 0 Å². The lowest BCUT2D eigenvalue weighted by molar-refractivity contribution is -0.125. The van der Waals surface area contributed by atoms with Gasteiger partial charge in [-0.3, -0.25) is 4.79 Å². The highest BCUT2D eigenvalue weighted by Gasteiger charge is 2.19. The molecule has 0 aromatic carbocycles. The van der Waals surface area contributed by atoms with Crippen LogP contribution in [0.1, 0.15) is 10.4 Å². The summed E-state index contributed by atoms with van der Waals surface area (Å²) in [5.74, 6) is -2.31. The second-order valence-electron chi connectivity index (χ2n) is 3.46. The van der Waals surface area contributed by atoms with Crippen molar-refractivity contribution in [2.24, 2.45) is 5.73 Å². The highest BCUT2D eigenvalue weighted by Crippen LogP contribution is 2.06. The van der Waals surface area contributed by atoms with Gasteiger partial charge in [0.15, 0.2) is 5.03 Å². The normalized spacial score (nSPS) is 12.9. The molecule has 1 heterocycles. The first-order valence-corrected chi connectivity index (χ1v) is 6.39. The van der Waals surface area contributed by atoms with Gasteiger partial charge in [-0.05, 0) is 12.1 Å². The summed E-state index contributed by atoms with van der Waals surface area (Å²) in [5, 5.41) is 17.2. The SMILES string of the molecule is NC(=O)C(O)CNS(=O)(=O)c1ccc(C(=O)O)cn1. The lowest BCUT2D eigenvalue weighted by Gasteiger charge is -2.08. The Hall–Kier alpha value is -2.04. The molecule has 0 saturated carbocycles. The van der Waals surface area contributed by atoms with Crippen LogP contribution in [-0.4, -0.2) is 48.1 Å². The van der Waals surface area contributed by atoms with E-state index in [9.17, 15) is 18.0 Å². The van der Waals surface area contributed by atoms with Gasteiger partial charge >= 0.3 is 5.97 Å². The molecular formula is C9H11N3O6S. The van der Waals surface area contributed by atoms with Crippen LogP contribution in [-0.2, 0) is 14.8 Å². The Morgan fingerprint density at radius 2 is 2.05 bits per heavy atom. The number of carboxylic acids is 1. The molecule has 0 radical (unpaired) electrons. The van der Waals surface area contributed by atoms with Gasteiger partial charge in [-0.25, -0.2) is 22.9 Å². The van der Waals surface area contributed by atoms with E-state index in [0.717, 1.165) is 18.3 Å². The van der Waals surface area contributed by atoms with Crippen molar-refractivity contribution < 1.29 is 28.2 Å². The molecule has 19 heavy (non-hydrogen) atoms. The molecule has 0 fully saturated rings. The molecule has 104 valence electrons. The van der Waals surface area contributed by atoms with Crippen molar-refractivity contribution in [1.82, 2.24) is 9.71 Å². The van der Waals surface area contributed by atoms with Crippen LogP contribution in [0.15, 0.2) is 23.4 Å². The highest BCUT2D eigenvalue weighted by atomic mass is 32.2. The number of carbonyl (C=O) groups is 2. The standard InChI is InChI=1S/C9H11N3O6S/c10-8(14)6(13)4-12-19(17,18)7-2-1-5(3-11-7)9(15)16/h1-3,6,12-13H,4H2,(H2,10,14)(H,15,16). The fourth-order valence-electron chi connectivity index (χ4n) is 1.03. The fourth-order valence-corrected chi connectivity index (χ4v) is 1.99. The van der Waals surface area contributed by atoms with Crippen LogP contribution in [0.4, 0.5) is 0 Å². The quantitative estimate of drug-likeness (QED) is 0.466. The molecule has 1 aromatic rings. The first-order chi connectivity index (χ1) is 8.74. The predicted octanol–water partition coefficient (Wildman–Crippen LogP) is -2.10. The number of aliphatic hydroxyl groups is 1. The van der Waals surface area contributed by atoms with Crippen LogP contribution >= 0.6 is 0 Å². The molecule has 5 N–H and O–H groups in total. The average molecular weight is 289 g/mol. The molecule has 1 rings (SSSR count). The lowest BCUT2D eigenvalue weighted by Crippen LogP contribution is -2.40. The van der Waals surface area contributed by atoms with Gasteiger partial charge in [0.05, 0.1) is 5.56 Å². The lowest BCUT2D eigenvalue weighted by atomic mass is 10.3. The topological polar surface area (TPSA) is 160 Å². The highest BCUT2D eigenvalue weighted by molar-refractivity contribution is 7.89. The van der Waals surface area contributed by atoms with E-state index in [1.807, 2.05) is 4.72 Å². The van der Waals surface area contributed by atoms with Gasteiger partial charge in [0.2, 0.25) is 5.91 Å². The maximum Gasteiger partial charge on any atom is 0.337 e. The van der Waals surface area contributed by atoms with Crippen molar-refractivity contribution in [2.75, 3.05) is 6.54 Å². The van der Waals surface area contributed by atoms with E-state index in [1.54, 1.807) is 0 Å². The molecule has 0 spiro atoms. The van der Waals surface area contributed by atoms with Gasteiger partial charge in [0.25, 0.3) is 10.0 Å². The predicted molar refractivity (Wildman–Crippen MR) is 61.6 cm³/mol. The summed E-state index contributed by atoms with van der Waals surface area (Å²) in [6.45, 7) is -0.597. The van der Waals surface area contributed by atoms with Gasteiger partial charge in [0, 0.05) is 12.7 Å². The van der Waals surface area contributed by atoms with E-state index < -0.39 is 39.6 Å². The third-order valence-corrected chi connectivity index (χ3v) is 3.39.